The predicted molar refractivity (Wildman–Crippen MR) is 48.7 cm³/mol. The van der Waals surface area contributed by atoms with Gasteiger partial charge in [-0.15, -0.1) is 0 Å². The first-order chi connectivity index (χ1) is 6.99. The summed E-state index contributed by atoms with van der Waals surface area (Å²) in [5, 5.41) is 10.2. The van der Waals surface area contributed by atoms with Gasteiger partial charge < -0.3 is 5.73 Å². The van der Waals surface area contributed by atoms with Crippen LogP contribution in [0.2, 0.25) is 5.15 Å². The van der Waals surface area contributed by atoms with E-state index in [4.69, 9.17) is 17.3 Å². The molecule has 1 aromatic heterocycles. The van der Waals surface area contributed by atoms with Crippen LogP contribution in [0.25, 0.3) is 0 Å². The van der Waals surface area contributed by atoms with E-state index >= 15 is 0 Å². The Morgan fingerprint density at radius 2 is 2.27 bits per heavy atom. The molecule has 8 heteroatoms. The number of hydrogen-bond donors (Lipinski definition) is 1. The van der Waals surface area contributed by atoms with E-state index in [0.29, 0.717) is 6.20 Å². The largest absolute Gasteiger partial charge is 0.326 e. The molecule has 0 bridgehead atoms. The number of aromatic nitrogens is 1. The maximum Gasteiger partial charge on any atom is 0.296 e. The Morgan fingerprint density at radius 1 is 1.67 bits per heavy atom. The second-order valence-corrected chi connectivity index (χ2v) is 2.95. The van der Waals surface area contributed by atoms with Gasteiger partial charge in [0.05, 0.1) is 4.92 Å². The summed E-state index contributed by atoms with van der Waals surface area (Å²) in [6.45, 7) is -0.326. The van der Waals surface area contributed by atoms with Crippen LogP contribution in [0.3, 0.4) is 0 Å². The summed E-state index contributed by atoms with van der Waals surface area (Å²) in [4.78, 5) is 12.9. The van der Waals surface area contributed by atoms with E-state index in [0.717, 1.165) is 0 Å². The molecule has 0 amide bonds. The van der Waals surface area contributed by atoms with Crippen LogP contribution in [-0.2, 0) is 6.54 Å². The van der Waals surface area contributed by atoms with Crippen molar-refractivity contribution in [2.24, 2.45) is 5.73 Å². The lowest BCUT2D eigenvalue weighted by molar-refractivity contribution is -0.386. The van der Waals surface area contributed by atoms with Crippen LogP contribution in [0, 0.1) is 10.1 Å². The van der Waals surface area contributed by atoms with Crippen LogP contribution in [0.1, 0.15) is 17.6 Å². The normalized spacial score (nSPS) is 10.7. The zero-order valence-electron chi connectivity index (χ0n) is 7.28. The Morgan fingerprint density at radius 3 is 2.67 bits per heavy atom. The third-order valence-electron chi connectivity index (χ3n) is 1.77. The second-order valence-electron chi connectivity index (χ2n) is 2.59. The molecule has 0 saturated heterocycles. The Balaban J connectivity index is 3.49. The third kappa shape index (κ3) is 2.18. The van der Waals surface area contributed by atoms with Gasteiger partial charge in [-0.05, 0) is 0 Å². The highest BCUT2D eigenvalue weighted by atomic mass is 35.5. The molecule has 1 aromatic rings. The van der Waals surface area contributed by atoms with Crippen LogP contribution in [-0.4, -0.2) is 9.91 Å². The first-order valence-electron chi connectivity index (χ1n) is 3.79. The molecule has 1 heterocycles. The first kappa shape index (κ1) is 11.7. The minimum absolute atomic E-state index is 0.194. The average molecular weight is 238 g/mol. The topological polar surface area (TPSA) is 82.0 Å². The van der Waals surface area contributed by atoms with Gasteiger partial charge in [-0.25, -0.2) is 13.8 Å². The van der Waals surface area contributed by atoms with Gasteiger partial charge in [0.1, 0.15) is 16.9 Å². The molecule has 82 valence electrons. The molecule has 0 atom stereocenters. The highest BCUT2D eigenvalue weighted by Crippen LogP contribution is 2.34. The summed E-state index contributed by atoms with van der Waals surface area (Å²) < 4.78 is 25.1. The summed E-state index contributed by atoms with van der Waals surface area (Å²) in [7, 11) is 0. The zero-order chi connectivity index (χ0) is 11.6. The van der Waals surface area contributed by atoms with Gasteiger partial charge >= 0.3 is 0 Å². The van der Waals surface area contributed by atoms with Crippen molar-refractivity contribution in [3.8, 4) is 0 Å². The van der Waals surface area contributed by atoms with Crippen molar-refractivity contribution in [3.05, 3.63) is 32.6 Å². The molecule has 0 spiro atoms. The molecule has 0 aliphatic heterocycles. The van der Waals surface area contributed by atoms with E-state index in [9.17, 15) is 18.9 Å². The molecule has 2 N–H and O–H groups in total. The summed E-state index contributed by atoms with van der Waals surface area (Å²) in [6, 6.07) is 0. The Bertz CT molecular complexity index is 400. The quantitative estimate of drug-likeness (QED) is 0.495. The standard InChI is InChI=1S/C7H6ClF2N3O2/c8-6-3(1-11)5(7(9)10)4(2-12-6)13(14)15/h2,7H,1,11H2. The molecule has 0 aromatic carbocycles. The van der Waals surface area contributed by atoms with Gasteiger partial charge in [0, 0.05) is 12.1 Å². The minimum Gasteiger partial charge on any atom is -0.326 e. The van der Waals surface area contributed by atoms with Crippen molar-refractivity contribution in [3.63, 3.8) is 0 Å². The third-order valence-corrected chi connectivity index (χ3v) is 2.10. The number of nitro groups is 1. The van der Waals surface area contributed by atoms with E-state index < -0.39 is 22.6 Å². The number of halogens is 3. The lowest BCUT2D eigenvalue weighted by Gasteiger charge is -2.08. The summed E-state index contributed by atoms with van der Waals surface area (Å²) >= 11 is 5.50. The predicted octanol–water partition coefficient (Wildman–Crippen LogP) is 2.04. The maximum atomic E-state index is 12.6. The highest BCUT2D eigenvalue weighted by molar-refractivity contribution is 6.30. The molecule has 5 nitrogen and oxygen atoms in total. The number of alkyl halides is 2. The van der Waals surface area contributed by atoms with E-state index in [1.165, 1.54) is 0 Å². The van der Waals surface area contributed by atoms with Crippen molar-refractivity contribution in [2.45, 2.75) is 13.0 Å². The number of hydrogen-bond acceptors (Lipinski definition) is 4. The fourth-order valence-corrected chi connectivity index (χ4v) is 1.34. The molecule has 0 aliphatic carbocycles. The number of nitrogens with zero attached hydrogens (tertiary/aromatic N) is 2. The van der Waals surface area contributed by atoms with Gasteiger partial charge in [-0.3, -0.25) is 10.1 Å². The molecule has 0 radical (unpaired) electrons. The van der Waals surface area contributed by atoms with Gasteiger partial charge in [0.25, 0.3) is 12.1 Å². The fourth-order valence-electron chi connectivity index (χ4n) is 1.11. The molecular formula is C7H6ClF2N3O2. The van der Waals surface area contributed by atoms with Crippen LogP contribution in [0.5, 0.6) is 0 Å². The number of pyridine rings is 1. The van der Waals surface area contributed by atoms with Crippen LogP contribution in [0.4, 0.5) is 14.5 Å². The van der Waals surface area contributed by atoms with Gasteiger partial charge in [0.2, 0.25) is 0 Å². The fraction of sp³-hybridized carbons (Fsp3) is 0.286. The summed E-state index contributed by atoms with van der Waals surface area (Å²) in [5.41, 5.74) is 3.45. The molecule has 1 rings (SSSR count). The van der Waals surface area contributed by atoms with Gasteiger partial charge in [-0.1, -0.05) is 11.6 Å². The SMILES string of the molecule is NCc1c(Cl)ncc([N+](=O)[O-])c1C(F)F. The Hall–Kier alpha value is -1.34. The van der Waals surface area contributed by atoms with Crippen molar-refractivity contribution in [1.82, 2.24) is 4.98 Å². The molecule has 15 heavy (non-hydrogen) atoms. The Labute approximate surface area is 88.0 Å². The van der Waals surface area contributed by atoms with Gasteiger partial charge in [0.15, 0.2) is 0 Å². The molecular weight excluding hydrogens is 232 g/mol. The van der Waals surface area contributed by atoms with Crippen LogP contribution in [0.15, 0.2) is 6.20 Å². The average Bonchev–Trinajstić information content (AvgIpc) is 2.16. The van der Waals surface area contributed by atoms with Crippen LogP contribution >= 0.6 is 11.6 Å². The highest BCUT2D eigenvalue weighted by Gasteiger charge is 2.27. The zero-order valence-corrected chi connectivity index (χ0v) is 8.04. The molecule has 0 aliphatic rings. The smallest absolute Gasteiger partial charge is 0.296 e. The number of rotatable bonds is 3. The van der Waals surface area contributed by atoms with E-state index in [-0.39, 0.29) is 17.3 Å². The van der Waals surface area contributed by atoms with Gasteiger partial charge in [-0.2, -0.15) is 0 Å². The molecule has 0 unspecified atom stereocenters. The van der Waals surface area contributed by atoms with E-state index in [1.54, 1.807) is 0 Å². The van der Waals surface area contributed by atoms with Crippen molar-refractivity contribution in [2.75, 3.05) is 0 Å². The lowest BCUT2D eigenvalue weighted by atomic mass is 10.1. The first-order valence-corrected chi connectivity index (χ1v) is 4.16. The maximum absolute atomic E-state index is 12.6. The molecule has 0 fully saturated rings. The molecule has 0 saturated carbocycles. The van der Waals surface area contributed by atoms with Crippen molar-refractivity contribution >= 4 is 17.3 Å². The van der Waals surface area contributed by atoms with E-state index in [1.807, 2.05) is 0 Å². The second kappa shape index (κ2) is 4.45. The van der Waals surface area contributed by atoms with Crippen molar-refractivity contribution in [1.29, 1.82) is 0 Å². The lowest BCUT2D eigenvalue weighted by Crippen LogP contribution is -2.07. The number of nitrogens with two attached hydrogens (primary N) is 1. The minimum atomic E-state index is -3.01. The summed E-state index contributed by atoms with van der Waals surface area (Å²) in [6.07, 6.45) is -2.31. The summed E-state index contributed by atoms with van der Waals surface area (Å²) in [5.74, 6) is 0. The Kier molecular flexibility index (Phi) is 3.48. The van der Waals surface area contributed by atoms with Crippen molar-refractivity contribution < 1.29 is 13.7 Å². The van der Waals surface area contributed by atoms with E-state index in [2.05, 4.69) is 4.98 Å². The van der Waals surface area contributed by atoms with Crippen LogP contribution < -0.4 is 5.73 Å². The monoisotopic (exact) mass is 237 g/mol.